The standard InChI is InChI=1S/C19H25NO2/c1-2-22-18(21)16-13-19(10-5-8-17(16)20)11-9-14-6-3-4-7-15(14)12-19/h3-4,6-7,9,11,16-17H,2,5,8,10,12-13,20H2,1H3. The van der Waals surface area contributed by atoms with Crippen LogP contribution in [0.5, 0.6) is 0 Å². The summed E-state index contributed by atoms with van der Waals surface area (Å²) in [5.41, 5.74) is 9.00. The van der Waals surface area contributed by atoms with Crippen LogP contribution >= 0.6 is 0 Å². The molecule has 3 atom stereocenters. The van der Waals surface area contributed by atoms with Crippen LogP contribution < -0.4 is 5.73 Å². The number of ether oxygens (including phenoxy) is 1. The van der Waals surface area contributed by atoms with E-state index in [1.807, 2.05) is 6.92 Å². The van der Waals surface area contributed by atoms with Gasteiger partial charge in [0.15, 0.2) is 0 Å². The lowest BCUT2D eigenvalue weighted by atomic mass is 9.69. The summed E-state index contributed by atoms with van der Waals surface area (Å²) in [6, 6.07) is 8.45. The summed E-state index contributed by atoms with van der Waals surface area (Å²) in [6.07, 6.45) is 9.42. The molecule has 0 aliphatic heterocycles. The molecular formula is C19H25NO2. The van der Waals surface area contributed by atoms with Crippen molar-refractivity contribution in [3.63, 3.8) is 0 Å². The van der Waals surface area contributed by atoms with Gasteiger partial charge in [-0.3, -0.25) is 4.79 Å². The second kappa shape index (κ2) is 6.25. The number of carbonyl (C=O) groups is 1. The zero-order valence-electron chi connectivity index (χ0n) is 13.3. The average molecular weight is 299 g/mol. The number of hydrogen-bond acceptors (Lipinski definition) is 3. The Hall–Kier alpha value is -1.61. The van der Waals surface area contributed by atoms with Crippen LogP contribution in [0.3, 0.4) is 0 Å². The molecule has 0 saturated heterocycles. The van der Waals surface area contributed by atoms with E-state index in [0.717, 1.165) is 32.1 Å². The largest absolute Gasteiger partial charge is 0.466 e. The SMILES string of the molecule is CCOC(=O)C1CC2(C=Cc3ccccc3C2)CCCC1N. The van der Waals surface area contributed by atoms with Crippen LogP contribution in [-0.2, 0) is 16.0 Å². The van der Waals surface area contributed by atoms with Crippen LogP contribution in [0.2, 0.25) is 0 Å². The molecule has 0 amide bonds. The normalized spacial score (nSPS) is 30.6. The Morgan fingerprint density at radius 3 is 3.05 bits per heavy atom. The Labute approximate surface area is 132 Å². The van der Waals surface area contributed by atoms with Gasteiger partial charge in [0.25, 0.3) is 0 Å². The third-order valence-electron chi connectivity index (χ3n) is 5.16. The molecule has 0 bridgehead atoms. The molecular weight excluding hydrogens is 274 g/mol. The molecule has 1 spiro atoms. The van der Waals surface area contributed by atoms with Crippen molar-refractivity contribution in [3.05, 3.63) is 41.5 Å². The van der Waals surface area contributed by atoms with E-state index in [1.165, 1.54) is 11.1 Å². The number of carbonyl (C=O) groups excluding carboxylic acids is 1. The highest BCUT2D eigenvalue weighted by Gasteiger charge is 2.40. The van der Waals surface area contributed by atoms with Crippen molar-refractivity contribution >= 4 is 12.0 Å². The minimum Gasteiger partial charge on any atom is -0.466 e. The highest BCUT2D eigenvalue weighted by Crippen LogP contribution is 2.45. The minimum atomic E-state index is -0.183. The minimum absolute atomic E-state index is 0.0555. The lowest BCUT2D eigenvalue weighted by molar-refractivity contribution is -0.149. The summed E-state index contributed by atoms with van der Waals surface area (Å²) in [5.74, 6) is -0.305. The first-order valence-corrected chi connectivity index (χ1v) is 8.33. The van der Waals surface area contributed by atoms with Gasteiger partial charge in [-0.2, -0.15) is 0 Å². The lowest BCUT2D eigenvalue weighted by Crippen LogP contribution is -2.38. The number of rotatable bonds is 2. The van der Waals surface area contributed by atoms with E-state index >= 15 is 0 Å². The summed E-state index contributed by atoms with van der Waals surface area (Å²) in [6.45, 7) is 2.28. The van der Waals surface area contributed by atoms with Crippen LogP contribution in [0.4, 0.5) is 0 Å². The molecule has 3 unspecified atom stereocenters. The van der Waals surface area contributed by atoms with Gasteiger partial charge >= 0.3 is 5.97 Å². The maximum absolute atomic E-state index is 12.3. The highest BCUT2D eigenvalue weighted by molar-refractivity contribution is 5.73. The molecule has 3 rings (SSSR count). The molecule has 22 heavy (non-hydrogen) atoms. The summed E-state index contributed by atoms with van der Waals surface area (Å²) < 4.78 is 5.27. The van der Waals surface area contributed by atoms with Crippen LogP contribution in [0.15, 0.2) is 30.3 Å². The van der Waals surface area contributed by atoms with E-state index in [0.29, 0.717) is 6.61 Å². The van der Waals surface area contributed by atoms with Gasteiger partial charge in [0.2, 0.25) is 0 Å². The Bertz CT molecular complexity index is 581. The number of allylic oxidation sites excluding steroid dienone is 1. The maximum Gasteiger partial charge on any atom is 0.310 e. The number of nitrogens with two attached hydrogens (primary N) is 1. The molecule has 0 aromatic heterocycles. The van der Waals surface area contributed by atoms with Gasteiger partial charge < -0.3 is 10.5 Å². The molecule has 0 radical (unpaired) electrons. The summed E-state index contributed by atoms with van der Waals surface area (Å²) in [7, 11) is 0. The molecule has 1 saturated carbocycles. The molecule has 1 aromatic rings. The van der Waals surface area contributed by atoms with Crippen molar-refractivity contribution in [2.24, 2.45) is 17.1 Å². The number of benzene rings is 1. The van der Waals surface area contributed by atoms with Crippen molar-refractivity contribution in [3.8, 4) is 0 Å². The zero-order chi connectivity index (χ0) is 15.6. The molecule has 2 aliphatic rings. The second-order valence-corrected chi connectivity index (χ2v) is 6.69. The molecule has 118 valence electrons. The van der Waals surface area contributed by atoms with E-state index in [-0.39, 0.29) is 23.3 Å². The highest BCUT2D eigenvalue weighted by atomic mass is 16.5. The Morgan fingerprint density at radius 2 is 2.23 bits per heavy atom. The van der Waals surface area contributed by atoms with E-state index in [1.54, 1.807) is 0 Å². The van der Waals surface area contributed by atoms with Gasteiger partial charge in [0, 0.05) is 6.04 Å². The number of esters is 1. The predicted octanol–water partition coefficient (Wildman–Crippen LogP) is 3.32. The molecule has 1 fully saturated rings. The van der Waals surface area contributed by atoms with Crippen molar-refractivity contribution < 1.29 is 9.53 Å². The quantitative estimate of drug-likeness (QED) is 0.852. The third kappa shape index (κ3) is 2.95. The van der Waals surface area contributed by atoms with E-state index in [9.17, 15) is 4.79 Å². The molecule has 2 aliphatic carbocycles. The average Bonchev–Trinajstić information content (AvgIpc) is 2.67. The summed E-state index contributed by atoms with van der Waals surface area (Å²) in [4.78, 5) is 12.3. The molecule has 1 aromatic carbocycles. The molecule has 3 nitrogen and oxygen atoms in total. The lowest BCUT2D eigenvalue weighted by Gasteiger charge is -2.35. The van der Waals surface area contributed by atoms with Crippen LogP contribution in [0, 0.1) is 11.3 Å². The molecule has 3 heteroatoms. The maximum atomic E-state index is 12.3. The van der Waals surface area contributed by atoms with Gasteiger partial charge in [0.05, 0.1) is 12.5 Å². The van der Waals surface area contributed by atoms with Crippen molar-refractivity contribution in [1.29, 1.82) is 0 Å². The first-order chi connectivity index (χ1) is 10.6. The zero-order valence-corrected chi connectivity index (χ0v) is 13.3. The van der Waals surface area contributed by atoms with Gasteiger partial charge in [-0.05, 0) is 49.1 Å². The van der Waals surface area contributed by atoms with Crippen molar-refractivity contribution in [2.45, 2.75) is 45.1 Å². The first-order valence-electron chi connectivity index (χ1n) is 8.33. The third-order valence-corrected chi connectivity index (χ3v) is 5.16. The Kier molecular flexibility index (Phi) is 4.34. The van der Waals surface area contributed by atoms with Crippen LogP contribution in [0.25, 0.3) is 6.08 Å². The fourth-order valence-electron chi connectivity index (χ4n) is 3.96. The topological polar surface area (TPSA) is 52.3 Å². The molecule has 0 heterocycles. The summed E-state index contributed by atoms with van der Waals surface area (Å²) >= 11 is 0. The summed E-state index contributed by atoms with van der Waals surface area (Å²) in [5, 5.41) is 0. The Balaban J connectivity index is 1.86. The smallest absolute Gasteiger partial charge is 0.310 e. The molecule has 2 N–H and O–H groups in total. The van der Waals surface area contributed by atoms with Gasteiger partial charge in [-0.1, -0.05) is 42.8 Å². The number of fused-ring (bicyclic) bond motifs is 1. The van der Waals surface area contributed by atoms with Crippen LogP contribution in [-0.4, -0.2) is 18.6 Å². The fourth-order valence-corrected chi connectivity index (χ4v) is 3.96. The predicted molar refractivity (Wildman–Crippen MR) is 88.2 cm³/mol. The number of hydrogen-bond donors (Lipinski definition) is 1. The van der Waals surface area contributed by atoms with E-state index in [4.69, 9.17) is 10.5 Å². The van der Waals surface area contributed by atoms with Crippen molar-refractivity contribution in [2.75, 3.05) is 6.61 Å². The first kappa shape index (κ1) is 15.3. The van der Waals surface area contributed by atoms with Gasteiger partial charge in [-0.25, -0.2) is 0 Å². The Morgan fingerprint density at radius 1 is 1.41 bits per heavy atom. The monoisotopic (exact) mass is 299 g/mol. The van der Waals surface area contributed by atoms with Crippen LogP contribution in [0.1, 0.15) is 43.7 Å². The fraction of sp³-hybridized carbons (Fsp3) is 0.526. The van der Waals surface area contributed by atoms with Crippen molar-refractivity contribution in [1.82, 2.24) is 0 Å². The van der Waals surface area contributed by atoms with E-state index < -0.39 is 0 Å². The van der Waals surface area contributed by atoms with Gasteiger partial charge in [-0.15, -0.1) is 0 Å². The van der Waals surface area contributed by atoms with E-state index in [2.05, 4.69) is 36.4 Å². The van der Waals surface area contributed by atoms with Gasteiger partial charge in [0.1, 0.15) is 0 Å². The second-order valence-electron chi connectivity index (χ2n) is 6.69.